The Kier molecular flexibility index (Phi) is 4.71. The third-order valence-corrected chi connectivity index (χ3v) is 4.75. The topological polar surface area (TPSA) is 26.7 Å². The Labute approximate surface area is 122 Å². The van der Waals surface area contributed by atoms with E-state index in [-0.39, 0.29) is 6.10 Å². The van der Waals surface area contributed by atoms with Gasteiger partial charge in [-0.25, -0.2) is 0 Å². The van der Waals surface area contributed by atoms with Gasteiger partial charge in [0, 0.05) is 25.7 Å². The highest BCUT2D eigenvalue weighted by molar-refractivity contribution is 5.15. The minimum atomic E-state index is -0.163. The van der Waals surface area contributed by atoms with Gasteiger partial charge in [-0.1, -0.05) is 36.8 Å². The summed E-state index contributed by atoms with van der Waals surface area (Å²) in [6.07, 6.45) is 4.88. The molecule has 1 N–H and O–H groups in total. The average molecular weight is 274 g/mol. The highest BCUT2D eigenvalue weighted by Crippen LogP contribution is 2.21. The number of likely N-dealkylation sites (tertiary alicyclic amines) is 2. The van der Waals surface area contributed by atoms with Crippen molar-refractivity contribution in [1.82, 2.24) is 9.80 Å². The number of rotatable bonds is 4. The third kappa shape index (κ3) is 3.40. The van der Waals surface area contributed by atoms with Crippen molar-refractivity contribution in [3.63, 3.8) is 0 Å². The lowest BCUT2D eigenvalue weighted by Gasteiger charge is -2.33. The molecular weight excluding hydrogens is 248 g/mol. The summed E-state index contributed by atoms with van der Waals surface area (Å²) in [5, 5.41) is 10.3. The normalized spacial score (nSPS) is 28.9. The molecule has 3 rings (SSSR count). The second kappa shape index (κ2) is 6.70. The van der Waals surface area contributed by atoms with Gasteiger partial charge in [-0.2, -0.15) is 0 Å². The largest absolute Gasteiger partial charge is 0.390 e. The molecule has 2 heterocycles. The fraction of sp³-hybridized carbons (Fsp3) is 0.647. The van der Waals surface area contributed by atoms with E-state index < -0.39 is 0 Å². The minimum absolute atomic E-state index is 0.163. The maximum atomic E-state index is 10.3. The van der Waals surface area contributed by atoms with Crippen LogP contribution in [0.15, 0.2) is 30.3 Å². The first-order valence-corrected chi connectivity index (χ1v) is 8.01. The molecule has 0 spiro atoms. The average Bonchev–Trinajstić information content (AvgIpc) is 2.88. The first-order chi connectivity index (χ1) is 9.83. The molecular formula is C17H26N2O. The van der Waals surface area contributed by atoms with E-state index in [9.17, 15) is 5.11 Å². The van der Waals surface area contributed by atoms with E-state index in [0.29, 0.717) is 6.04 Å². The second-order valence-corrected chi connectivity index (χ2v) is 6.23. The Balaban J connectivity index is 1.50. The van der Waals surface area contributed by atoms with Gasteiger partial charge in [0.1, 0.15) is 0 Å². The van der Waals surface area contributed by atoms with Crippen LogP contribution in [0.25, 0.3) is 0 Å². The molecule has 1 aromatic rings. The summed E-state index contributed by atoms with van der Waals surface area (Å²) < 4.78 is 0. The molecule has 2 fully saturated rings. The summed E-state index contributed by atoms with van der Waals surface area (Å²) in [4.78, 5) is 4.94. The molecule has 0 bridgehead atoms. The smallest absolute Gasteiger partial charge is 0.0834 e. The van der Waals surface area contributed by atoms with Gasteiger partial charge in [-0.05, 0) is 37.9 Å². The molecule has 0 aromatic heterocycles. The zero-order valence-corrected chi connectivity index (χ0v) is 12.2. The molecule has 3 nitrogen and oxygen atoms in total. The van der Waals surface area contributed by atoms with Crippen LogP contribution in [0.1, 0.15) is 24.8 Å². The number of hydrogen-bond donors (Lipinski definition) is 1. The summed E-state index contributed by atoms with van der Waals surface area (Å²) >= 11 is 0. The quantitative estimate of drug-likeness (QED) is 0.906. The highest BCUT2D eigenvalue weighted by Gasteiger charge is 2.35. The van der Waals surface area contributed by atoms with Gasteiger partial charge in [0.25, 0.3) is 0 Å². The molecule has 2 saturated heterocycles. The molecule has 0 saturated carbocycles. The number of benzene rings is 1. The fourth-order valence-electron chi connectivity index (χ4n) is 3.57. The Bertz CT molecular complexity index is 403. The van der Waals surface area contributed by atoms with Crippen molar-refractivity contribution in [3.05, 3.63) is 35.9 Å². The minimum Gasteiger partial charge on any atom is -0.390 e. The van der Waals surface area contributed by atoms with Crippen LogP contribution in [0.5, 0.6) is 0 Å². The maximum Gasteiger partial charge on any atom is 0.0834 e. The van der Waals surface area contributed by atoms with Gasteiger partial charge in [-0.3, -0.25) is 9.80 Å². The van der Waals surface area contributed by atoms with Crippen molar-refractivity contribution in [2.45, 2.75) is 37.8 Å². The molecule has 2 aliphatic rings. The summed E-state index contributed by atoms with van der Waals surface area (Å²) in [5.74, 6) is 0. The van der Waals surface area contributed by atoms with Crippen molar-refractivity contribution in [2.24, 2.45) is 0 Å². The van der Waals surface area contributed by atoms with Gasteiger partial charge in [-0.15, -0.1) is 0 Å². The molecule has 1 aromatic carbocycles. The number of hydrogen-bond acceptors (Lipinski definition) is 3. The fourth-order valence-corrected chi connectivity index (χ4v) is 3.57. The first-order valence-electron chi connectivity index (χ1n) is 8.01. The molecule has 0 amide bonds. The van der Waals surface area contributed by atoms with Crippen LogP contribution in [0.2, 0.25) is 0 Å². The van der Waals surface area contributed by atoms with Crippen LogP contribution in [0.3, 0.4) is 0 Å². The number of nitrogens with zero attached hydrogens (tertiary/aromatic N) is 2. The molecule has 3 heteroatoms. The number of β-amino-alcohol motifs (C(OH)–C–C–N with tert-alkyl or cyclic N) is 1. The summed E-state index contributed by atoms with van der Waals surface area (Å²) in [6, 6.07) is 11.0. The van der Waals surface area contributed by atoms with Crippen molar-refractivity contribution in [1.29, 1.82) is 0 Å². The summed E-state index contributed by atoms with van der Waals surface area (Å²) in [7, 11) is 0. The third-order valence-electron chi connectivity index (χ3n) is 4.75. The monoisotopic (exact) mass is 274 g/mol. The Morgan fingerprint density at radius 1 is 1.00 bits per heavy atom. The van der Waals surface area contributed by atoms with Gasteiger partial charge in [0.05, 0.1) is 6.10 Å². The van der Waals surface area contributed by atoms with Crippen LogP contribution < -0.4 is 0 Å². The standard InChI is InChI=1S/C17H26N2O/c20-17-14-18(12-9-15-7-3-1-4-8-15)13-16(17)19-10-5-2-6-11-19/h1,3-4,7-8,16-17,20H,2,5-6,9-14H2/t16-,17-/m1/s1. The zero-order valence-electron chi connectivity index (χ0n) is 12.2. The van der Waals surface area contributed by atoms with Crippen molar-refractivity contribution in [2.75, 3.05) is 32.7 Å². The number of piperidine rings is 1. The van der Waals surface area contributed by atoms with Gasteiger partial charge < -0.3 is 5.11 Å². The number of aliphatic hydroxyl groups excluding tert-OH is 1. The van der Waals surface area contributed by atoms with Crippen LogP contribution in [-0.4, -0.2) is 59.8 Å². The van der Waals surface area contributed by atoms with Crippen LogP contribution >= 0.6 is 0 Å². The van der Waals surface area contributed by atoms with Crippen LogP contribution in [0, 0.1) is 0 Å². The van der Waals surface area contributed by atoms with E-state index in [0.717, 1.165) is 26.1 Å². The van der Waals surface area contributed by atoms with E-state index >= 15 is 0 Å². The Morgan fingerprint density at radius 2 is 1.75 bits per heavy atom. The second-order valence-electron chi connectivity index (χ2n) is 6.23. The molecule has 0 aliphatic carbocycles. The van der Waals surface area contributed by atoms with E-state index in [2.05, 4.69) is 40.1 Å². The lowest BCUT2D eigenvalue weighted by atomic mass is 10.1. The van der Waals surface area contributed by atoms with E-state index in [4.69, 9.17) is 0 Å². The summed E-state index contributed by atoms with van der Waals surface area (Å²) in [6.45, 7) is 5.29. The van der Waals surface area contributed by atoms with E-state index in [1.54, 1.807) is 0 Å². The van der Waals surface area contributed by atoms with Crippen molar-refractivity contribution in [3.8, 4) is 0 Å². The Hall–Kier alpha value is -0.900. The van der Waals surface area contributed by atoms with Crippen LogP contribution in [0.4, 0.5) is 0 Å². The lowest BCUT2D eigenvalue weighted by molar-refractivity contribution is 0.0706. The first kappa shape index (κ1) is 14.1. The van der Waals surface area contributed by atoms with Crippen molar-refractivity contribution < 1.29 is 5.11 Å². The van der Waals surface area contributed by atoms with E-state index in [1.807, 2.05) is 0 Å². The van der Waals surface area contributed by atoms with E-state index in [1.165, 1.54) is 37.9 Å². The molecule has 0 unspecified atom stereocenters. The maximum absolute atomic E-state index is 10.3. The summed E-state index contributed by atoms with van der Waals surface area (Å²) in [5.41, 5.74) is 1.39. The van der Waals surface area contributed by atoms with Crippen LogP contribution in [-0.2, 0) is 6.42 Å². The van der Waals surface area contributed by atoms with Crippen molar-refractivity contribution >= 4 is 0 Å². The Morgan fingerprint density at radius 3 is 2.50 bits per heavy atom. The molecule has 20 heavy (non-hydrogen) atoms. The predicted octanol–water partition coefficient (Wildman–Crippen LogP) is 1.76. The highest BCUT2D eigenvalue weighted by atomic mass is 16.3. The zero-order chi connectivity index (χ0) is 13.8. The van der Waals surface area contributed by atoms with Gasteiger partial charge >= 0.3 is 0 Å². The molecule has 2 atom stereocenters. The van der Waals surface area contributed by atoms with Gasteiger partial charge in [0.15, 0.2) is 0 Å². The SMILES string of the molecule is O[C@@H]1CN(CCc2ccccc2)C[C@H]1N1CCCCC1. The number of aliphatic hydroxyl groups is 1. The van der Waals surface area contributed by atoms with Gasteiger partial charge in [0.2, 0.25) is 0 Å². The molecule has 0 radical (unpaired) electrons. The molecule has 2 aliphatic heterocycles. The molecule has 110 valence electrons. The lowest BCUT2D eigenvalue weighted by Crippen LogP contribution is -2.45. The predicted molar refractivity (Wildman–Crippen MR) is 81.8 cm³/mol.